The summed E-state index contributed by atoms with van der Waals surface area (Å²) in [6, 6.07) is 11.5. The SMILES string of the molecule is OCC1(CN[C@@H]2CCCC[C@@H]2c2ccccc2)CCOCC1. The summed E-state index contributed by atoms with van der Waals surface area (Å²) in [5.74, 6) is 0.616. The second kappa shape index (κ2) is 7.58. The molecule has 1 saturated carbocycles. The monoisotopic (exact) mass is 303 g/mol. The summed E-state index contributed by atoms with van der Waals surface area (Å²) in [7, 11) is 0. The molecule has 1 aromatic carbocycles. The minimum atomic E-state index is 0.0247. The molecule has 22 heavy (non-hydrogen) atoms. The van der Waals surface area contributed by atoms with Crippen molar-refractivity contribution in [3.63, 3.8) is 0 Å². The van der Waals surface area contributed by atoms with E-state index in [1.54, 1.807) is 0 Å². The molecule has 3 rings (SSSR count). The maximum Gasteiger partial charge on any atom is 0.0501 e. The van der Waals surface area contributed by atoms with Gasteiger partial charge < -0.3 is 15.2 Å². The largest absolute Gasteiger partial charge is 0.396 e. The van der Waals surface area contributed by atoms with Crippen LogP contribution in [0.2, 0.25) is 0 Å². The second-order valence-electron chi connectivity index (χ2n) is 7.06. The molecule has 2 atom stereocenters. The molecule has 2 N–H and O–H groups in total. The van der Waals surface area contributed by atoms with E-state index in [2.05, 4.69) is 35.6 Å². The summed E-state index contributed by atoms with van der Waals surface area (Å²) in [5, 5.41) is 13.7. The predicted octanol–water partition coefficient (Wildman–Crippen LogP) is 3.09. The molecule has 0 bridgehead atoms. The summed E-state index contributed by atoms with van der Waals surface area (Å²) >= 11 is 0. The standard InChI is InChI=1S/C19H29NO2/c21-15-19(10-12-22-13-11-19)14-20-18-9-5-4-8-17(18)16-6-2-1-3-7-16/h1-3,6-7,17-18,20-21H,4-5,8-15H2/t17-,18-/m1/s1. The molecule has 0 radical (unpaired) electrons. The van der Waals surface area contributed by atoms with Crippen LogP contribution in [0.5, 0.6) is 0 Å². The smallest absolute Gasteiger partial charge is 0.0501 e. The Morgan fingerprint density at radius 3 is 2.55 bits per heavy atom. The van der Waals surface area contributed by atoms with Gasteiger partial charge in [0.05, 0.1) is 6.61 Å². The fraction of sp³-hybridized carbons (Fsp3) is 0.684. The van der Waals surface area contributed by atoms with Gasteiger partial charge in [-0.3, -0.25) is 0 Å². The first-order valence-electron chi connectivity index (χ1n) is 8.80. The van der Waals surface area contributed by atoms with Crippen LogP contribution >= 0.6 is 0 Å². The topological polar surface area (TPSA) is 41.5 Å². The molecular formula is C19H29NO2. The summed E-state index contributed by atoms with van der Waals surface area (Å²) in [6.45, 7) is 2.76. The lowest BCUT2D eigenvalue weighted by Gasteiger charge is -2.39. The molecular weight excluding hydrogens is 274 g/mol. The Balaban J connectivity index is 1.64. The maximum absolute atomic E-state index is 9.86. The maximum atomic E-state index is 9.86. The van der Waals surface area contributed by atoms with Gasteiger partial charge in [-0.2, -0.15) is 0 Å². The highest BCUT2D eigenvalue weighted by molar-refractivity contribution is 5.22. The molecule has 1 aromatic rings. The van der Waals surface area contributed by atoms with Gasteiger partial charge in [-0.05, 0) is 37.2 Å². The number of ether oxygens (including phenoxy) is 1. The van der Waals surface area contributed by atoms with Crippen LogP contribution in [0.1, 0.15) is 50.0 Å². The highest BCUT2D eigenvalue weighted by Crippen LogP contribution is 2.35. The minimum Gasteiger partial charge on any atom is -0.396 e. The first-order valence-corrected chi connectivity index (χ1v) is 8.80. The molecule has 3 heteroatoms. The van der Waals surface area contributed by atoms with E-state index in [0.29, 0.717) is 12.0 Å². The zero-order chi connectivity index (χ0) is 15.3. The van der Waals surface area contributed by atoms with Crippen molar-refractivity contribution in [2.75, 3.05) is 26.4 Å². The lowest BCUT2D eigenvalue weighted by molar-refractivity contribution is -0.0173. The van der Waals surface area contributed by atoms with E-state index >= 15 is 0 Å². The molecule has 2 aliphatic rings. The molecule has 3 nitrogen and oxygen atoms in total. The third-order valence-electron chi connectivity index (χ3n) is 5.62. The molecule has 122 valence electrons. The van der Waals surface area contributed by atoms with Crippen molar-refractivity contribution in [1.29, 1.82) is 0 Å². The zero-order valence-electron chi connectivity index (χ0n) is 13.5. The molecule has 0 spiro atoms. The minimum absolute atomic E-state index is 0.0247. The van der Waals surface area contributed by atoms with E-state index in [9.17, 15) is 5.11 Å². The molecule has 1 aliphatic heterocycles. The van der Waals surface area contributed by atoms with Crippen molar-refractivity contribution in [1.82, 2.24) is 5.32 Å². The number of benzene rings is 1. The van der Waals surface area contributed by atoms with E-state index in [-0.39, 0.29) is 12.0 Å². The van der Waals surface area contributed by atoms with Gasteiger partial charge in [0.2, 0.25) is 0 Å². The van der Waals surface area contributed by atoms with Crippen molar-refractivity contribution in [3.05, 3.63) is 35.9 Å². The van der Waals surface area contributed by atoms with Crippen LogP contribution in [0.25, 0.3) is 0 Å². The number of nitrogens with one attached hydrogen (secondary N) is 1. The normalized spacial score (nSPS) is 28.4. The van der Waals surface area contributed by atoms with Gasteiger partial charge in [-0.25, -0.2) is 0 Å². The van der Waals surface area contributed by atoms with Gasteiger partial charge in [-0.1, -0.05) is 43.2 Å². The molecule has 1 heterocycles. The lowest BCUT2D eigenvalue weighted by atomic mass is 9.77. The van der Waals surface area contributed by atoms with Crippen LogP contribution in [-0.4, -0.2) is 37.5 Å². The van der Waals surface area contributed by atoms with E-state index < -0.39 is 0 Å². The quantitative estimate of drug-likeness (QED) is 0.878. The van der Waals surface area contributed by atoms with E-state index in [4.69, 9.17) is 4.74 Å². The van der Waals surface area contributed by atoms with Crippen molar-refractivity contribution in [2.24, 2.45) is 5.41 Å². The van der Waals surface area contributed by atoms with Crippen LogP contribution in [0.15, 0.2) is 30.3 Å². The van der Waals surface area contributed by atoms with Gasteiger partial charge in [0, 0.05) is 31.2 Å². The first-order chi connectivity index (χ1) is 10.8. The first kappa shape index (κ1) is 16.0. The second-order valence-corrected chi connectivity index (χ2v) is 7.06. The third-order valence-corrected chi connectivity index (χ3v) is 5.62. The predicted molar refractivity (Wildman–Crippen MR) is 89.0 cm³/mol. The van der Waals surface area contributed by atoms with Crippen LogP contribution in [0.4, 0.5) is 0 Å². The third kappa shape index (κ3) is 3.70. The van der Waals surface area contributed by atoms with E-state index in [0.717, 1.165) is 32.6 Å². The Labute approximate surface area is 134 Å². The number of rotatable bonds is 5. The molecule has 1 aliphatic carbocycles. The molecule has 2 fully saturated rings. The fourth-order valence-corrected chi connectivity index (χ4v) is 4.02. The van der Waals surface area contributed by atoms with Crippen molar-refractivity contribution >= 4 is 0 Å². The summed E-state index contributed by atoms with van der Waals surface area (Å²) < 4.78 is 5.47. The van der Waals surface area contributed by atoms with E-state index in [1.165, 1.54) is 31.2 Å². The average Bonchev–Trinajstić information content (AvgIpc) is 2.62. The van der Waals surface area contributed by atoms with Gasteiger partial charge in [0.25, 0.3) is 0 Å². The molecule has 0 aromatic heterocycles. The van der Waals surface area contributed by atoms with Crippen LogP contribution in [-0.2, 0) is 4.74 Å². The van der Waals surface area contributed by atoms with Crippen molar-refractivity contribution in [3.8, 4) is 0 Å². The van der Waals surface area contributed by atoms with Gasteiger partial charge in [0.15, 0.2) is 0 Å². The molecule has 0 unspecified atom stereocenters. The van der Waals surface area contributed by atoms with Crippen LogP contribution in [0, 0.1) is 5.41 Å². The van der Waals surface area contributed by atoms with E-state index in [1.807, 2.05) is 0 Å². The van der Waals surface area contributed by atoms with Crippen molar-refractivity contribution < 1.29 is 9.84 Å². The Morgan fingerprint density at radius 1 is 1.09 bits per heavy atom. The van der Waals surface area contributed by atoms with Gasteiger partial charge >= 0.3 is 0 Å². The fourth-order valence-electron chi connectivity index (χ4n) is 4.02. The Morgan fingerprint density at radius 2 is 1.82 bits per heavy atom. The number of aliphatic hydroxyl groups excluding tert-OH is 1. The summed E-state index contributed by atoms with van der Waals surface area (Å²) in [4.78, 5) is 0. The Kier molecular flexibility index (Phi) is 5.51. The summed E-state index contributed by atoms with van der Waals surface area (Å²) in [6.07, 6.45) is 7.11. The van der Waals surface area contributed by atoms with Gasteiger partial charge in [-0.15, -0.1) is 0 Å². The lowest BCUT2D eigenvalue weighted by Crippen LogP contribution is -2.47. The van der Waals surface area contributed by atoms with Gasteiger partial charge in [0.1, 0.15) is 0 Å². The van der Waals surface area contributed by atoms with Crippen LogP contribution < -0.4 is 5.32 Å². The zero-order valence-corrected chi connectivity index (χ0v) is 13.5. The number of aliphatic hydroxyl groups is 1. The molecule has 0 amide bonds. The average molecular weight is 303 g/mol. The Hall–Kier alpha value is -0.900. The highest BCUT2D eigenvalue weighted by atomic mass is 16.5. The van der Waals surface area contributed by atoms with Crippen LogP contribution in [0.3, 0.4) is 0 Å². The number of hydrogen-bond donors (Lipinski definition) is 2. The van der Waals surface area contributed by atoms with Crippen molar-refractivity contribution in [2.45, 2.75) is 50.5 Å². The molecule has 1 saturated heterocycles. The number of hydrogen-bond acceptors (Lipinski definition) is 3. The summed E-state index contributed by atoms with van der Waals surface area (Å²) in [5.41, 5.74) is 1.49. The highest BCUT2D eigenvalue weighted by Gasteiger charge is 2.34. The Bertz CT molecular complexity index is 442.